The van der Waals surface area contributed by atoms with Gasteiger partial charge in [-0.05, 0) is 36.9 Å². The van der Waals surface area contributed by atoms with Crippen molar-refractivity contribution in [1.82, 2.24) is 4.90 Å². The molecule has 0 fully saturated rings. The van der Waals surface area contributed by atoms with Gasteiger partial charge in [-0.2, -0.15) is 0 Å². The van der Waals surface area contributed by atoms with Crippen LogP contribution in [0, 0.1) is 5.82 Å². The van der Waals surface area contributed by atoms with Crippen molar-refractivity contribution in [2.45, 2.75) is 13.2 Å². The number of hydrogen-bond acceptors (Lipinski definition) is 2. The minimum absolute atomic E-state index is 0.0868. The average molecular weight is 294 g/mol. The molecule has 2 aromatic carbocycles. The molecule has 0 aliphatic heterocycles. The van der Waals surface area contributed by atoms with Crippen LogP contribution in [-0.4, -0.2) is 24.1 Å². The molecule has 0 bridgehead atoms. The zero-order valence-corrected chi connectivity index (χ0v) is 12.3. The van der Waals surface area contributed by atoms with Gasteiger partial charge in [0.1, 0.15) is 5.82 Å². The Balaban J connectivity index is 2.49. The Labute approximate surface area is 123 Å². The van der Waals surface area contributed by atoms with Crippen LogP contribution in [0.15, 0.2) is 36.4 Å². The van der Waals surface area contributed by atoms with Gasteiger partial charge in [-0.15, -0.1) is 0 Å². The lowest BCUT2D eigenvalue weighted by molar-refractivity contribution is 0.282. The minimum atomic E-state index is -0.454. The highest BCUT2D eigenvalue weighted by Gasteiger charge is 2.12. The lowest BCUT2D eigenvalue weighted by Crippen LogP contribution is -2.11. The van der Waals surface area contributed by atoms with Gasteiger partial charge in [0.15, 0.2) is 0 Å². The fourth-order valence-electron chi connectivity index (χ4n) is 2.22. The summed E-state index contributed by atoms with van der Waals surface area (Å²) in [6.07, 6.45) is 0. The molecule has 20 heavy (non-hydrogen) atoms. The summed E-state index contributed by atoms with van der Waals surface area (Å²) >= 11 is 5.82. The van der Waals surface area contributed by atoms with Gasteiger partial charge < -0.3 is 10.0 Å². The van der Waals surface area contributed by atoms with Gasteiger partial charge >= 0.3 is 0 Å². The van der Waals surface area contributed by atoms with Gasteiger partial charge in [0.25, 0.3) is 0 Å². The molecule has 0 aliphatic carbocycles. The molecule has 0 heterocycles. The number of aliphatic hydroxyl groups is 1. The van der Waals surface area contributed by atoms with E-state index < -0.39 is 5.82 Å². The third-order valence-electron chi connectivity index (χ3n) is 3.08. The van der Waals surface area contributed by atoms with E-state index in [0.29, 0.717) is 16.7 Å². The summed E-state index contributed by atoms with van der Waals surface area (Å²) in [7, 11) is 3.95. The maximum atomic E-state index is 14.1. The summed E-state index contributed by atoms with van der Waals surface area (Å²) in [6.45, 7) is 0.633. The first-order valence-corrected chi connectivity index (χ1v) is 6.72. The first kappa shape index (κ1) is 15.0. The predicted molar refractivity (Wildman–Crippen MR) is 80.2 cm³/mol. The quantitative estimate of drug-likeness (QED) is 0.929. The SMILES string of the molecule is CN(C)Cc1ccc(-c2cccc(Cl)c2F)c(CO)c1. The van der Waals surface area contributed by atoms with Crippen molar-refractivity contribution in [2.75, 3.05) is 14.1 Å². The summed E-state index contributed by atoms with van der Waals surface area (Å²) < 4.78 is 14.1. The molecule has 4 heteroatoms. The molecule has 2 nitrogen and oxygen atoms in total. The lowest BCUT2D eigenvalue weighted by Gasteiger charge is -2.14. The number of nitrogens with zero attached hydrogens (tertiary/aromatic N) is 1. The third-order valence-corrected chi connectivity index (χ3v) is 3.37. The molecule has 106 valence electrons. The van der Waals surface area contributed by atoms with E-state index in [2.05, 4.69) is 0 Å². The van der Waals surface area contributed by atoms with Crippen molar-refractivity contribution >= 4 is 11.6 Å². The largest absolute Gasteiger partial charge is 0.392 e. The molecule has 1 N–H and O–H groups in total. The second-order valence-corrected chi connectivity index (χ2v) is 5.40. The number of halogens is 2. The molecule has 2 rings (SSSR count). The van der Waals surface area contributed by atoms with E-state index in [1.807, 2.05) is 37.2 Å². The normalized spacial score (nSPS) is 11.1. The second kappa shape index (κ2) is 6.35. The zero-order valence-electron chi connectivity index (χ0n) is 11.5. The summed E-state index contributed by atoms with van der Waals surface area (Å²) in [4.78, 5) is 2.04. The van der Waals surface area contributed by atoms with E-state index in [4.69, 9.17) is 11.6 Å². The number of benzene rings is 2. The van der Waals surface area contributed by atoms with E-state index in [0.717, 1.165) is 12.1 Å². The molecule has 0 radical (unpaired) electrons. The summed E-state index contributed by atoms with van der Waals surface area (Å²) in [5, 5.41) is 9.62. The molecule has 0 aromatic heterocycles. The van der Waals surface area contributed by atoms with Crippen molar-refractivity contribution in [1.29, 1.82) is 0 Å². The Morgan fingerprint density at radius 2 is 1.90 bits per heavy atom. The molecule has 2 aromatic rings. The molecule has 0 amide bonds. The first-order chi connectivity index (χ1) is 9.52. The zero-order chi connectivity index (χ0) is 14.7. The molecule has 0 saturated heterocycles. The maximum absolute atomic E-state index is 14.1. The Bertz CT molecular complexity index is 613. The van der Waals surface area contributed by atoms with E-state index >= 15 is 0 Å². The fraction of sp³-hybridized carbons (Fsp3) is 0.250. The predicted octanol–water partition coefficient (Wildman–Crippen LogP) is 3.70. The number of hydrogen-bond donors (Lipinski definition) is 1. The van der Waals surface area contributed by atoms with Gasteiger partial charge in [-0.3, -0.25) is 0 Å². The summed E-state index contributed by atoms with van der Waals surface area (Å²) in [5.74, 6) is -0.454. The second-order valence-electron chi connectivity index (χ2n) is 4.99. The van der Waals surface area contributed by atoms with Crippen LogP contribution in [0.3, 0.4) is 0 Å². The van der Waals surface area contributed by atoms with Gasteiger partial charge in [0.2, 0.25) is 0 Å². The van der Waals surface area contributed by atoms with E-state index in [9.17, 15) is 9.50 Å². The fourth-order valence-corrected chi connectivity index (χ4v) is 2.39. The third kappa shape index (κ3) is 3.18. The van der Waals surface area contributed by atoms with E-state index in [-0.39, 0.29) is 11.6 Å². The Hall–Kier alpha value is -1.42. The molecule has 0 saturated carbocycles. The van der Waals surface area contributed by atoms with Crippen LogP contribution in [0.5, 0.6) is 0 Å². The van der Waals surface area contributed by atoms with Crippen LogP contribution in [0.1, 0.15) is 11.1 Å². The van der Waals surface area contributed by atoms with Crippen molar-refractivity contribution in [2.24, 2.45) is 0 Å². The van der Waals surface area contributed by atoms with Crippen molar-refractivity contribution in [3.05, 3.63) is 58.4 Å². The molecule has 0 spiro atoms. The molecule has 0 unspecified atom stereocenters. The highest BCUT2D eigenvalue weighted by Crippen LogP contribution is 2.30. The minimum Gasteiger partial charge on any atom is -0.392 e. The van der Waals surface area contributed by atoms with Crippen LogP contribution in [0.25, 0.3) is 11.1 Å². The van der Waals surface area contributed by atoms with Crippen molar-refractivity contribution < 1.29 is 9.50 Å². The van der Waals surface area contributed by atoms with Gasteiger partial charge in [-0.25, -0.2) is 4.39 Å². The first-order valence-electron chi connectivity index (χ1n) is 6.34. The highest BCUT2D eigenvalue weighted by molar-refractivity contribution is 6.31. The number of aliphatic hydroxyl groups excluding tert-OH is 1. The molecule has 0 aliphatic rings. The average Bonchev–Trinajstić information content (AvgIpc) is 2.41. The Morgan fingerprint density at radius 3 is 2.55 bits per heavy atom. The number of rotatable bonds is 4. The standard InChI is InChI=1S/C16H17ClFNO/c1-19(2)9-11-6-7-13(12(8-11)10-20)14-4-3-5-15(17)16(14)18/h3-8,20H,9-10H2,1-2H3. The highest BCUT2D eigenvalue weighted by atomic mass is 35.5. The van der Waals surface area contributed by atoms with Crippen LogP contribution in [0.2, 0.25) is 5.02 Å². The van der Waals surface area contributed by atoms with E-state index in [1.165, 1.54) is 6.07 Å². The van der Waals surface area contributed by atoms with Gasteiger partial charge in [-0.1, -0.05) is 41.9 Å². The van der Waals surface area contributed by atoms with Gasteiger partial charge in [0, 0.05) is 12.1 Å². The Kier molecular flexibility index (Phi) is 4.76. The monoisotopic (exact) mass is 293 g/mol. The van der Waals surface area contributed by atoms with Crippen LogP contribution >= 0.6 is 11.6 Å². The van der Waals surface area contributed by atoms with Crippen LogP contribution in [0.4, 0.5) is 4.39 Å². The van der Waals surface area contributed by atoms with E-state index in [1.54, 1.807) is 12.1 Å². The summed E-state index contributed by atoms with van der Waals surface area (Å²) in [6, 6.07) is 10.6. The van der Waals surface area contributed by atoms with Gasteiger partial charge in [0.05, 0.1) is 11.6 Å². The lowest BCUT2D eigenvalue weighted by atomic mass is 9.97. The molecule has 0 atom stereocenters. The smallest absolute Gasteiger partial charge is 0.149 e. The van der Waals surface area contributed by atoms with Crippen LogP contribution < -0.4 is 0 Å². The Morgan fingerprint density at radius 1 is 1.15 bits per heavy atom. The van der Waals surface area contributed by atoms with Crippen molar-refractivity contribution in [3.63, 3.8) is 0 Å². The maximum Gasteiger partial charge on any atom is 0.149 e. The molecular weight excluding hydrogens is 277 g/mol. The molecular formula is C16H17ClFNO. The van der Waals surface area contributed by atoms with Crippen LogP contribution in [-0.2, 0) is 13.2 Å². The van der Waals surface area contributed by atoms with Crippen molar-refractivity contribution in [3.8, 4) is 11.1 Å². The summed E-state index contributed by atoms with van der Waals surface area (Å²) in [5.41, 5.74) is 2.86. The topological polar surface area (TPSA) is 23.5 Å².